The number of ether oxygens (including phenoxy) is 1. The van der Waals surface area contributed by atoms with E-state index in [0.29, 0.717) is 6.61 Å². The molecule has 0 bridgehead atoms. The van der Waals surface area contributed by atoms with Gasteiger partial charge in [-0.05, 0) is 30.7 Å². The molecule has 0 amide bonds. The van der Waals surface area contributed by atoms with E-state index >= 15 is 0 Å². The van der Waals surface area contributed by atoms with Gasteiger partial charge in [0.1, 0.15) is 12.4 Å². The van der Waals surface area contributed by atoms with Gasteiger partial charge in [-0.3, -0.25) is 0 Å². The molecular formula is C18H20BrNO. The first-order chi connectivity index (χ1) is 10.2. The van der Waals surface area contributed by atoms with Crippen molar-refractivity contribution in [3.63, 3.8) is 0 Å². The molecule has 0 unspecified atom stereocenters. The van der Waals surface area contributed by atoms with Crippen LogP contribution in [-0.4, -0.2) is 6.61 Å². The second-order valence-corrected chi connectivity index (χ2v) is 5.78. The third kappa shape index (κ3) is 4.73. The summed E-state index contributed by atoms with van der Waals surface area (Å²) in [6, 6.07) is 16.8. The summed E-state index contributed by atoms with van der Waals surface area (Å²) in [5.74, 6) is 0.910. The molecule has 2 nitrogen and oxygen atoms in total. The molecule has 0 saturated carbocycles. The first-order valence-corrected chi connectivity index (χ1v) is 7.80. The van der Waals surface area contributed by atoms with Crippen LogP contribution in [0.5, 0.6) is 5.75 Å². The topological polar surface area (TPSA) is 21.3 Å². The normalized spacial score (nSPS) is 11.9. The summed E-state index contributed by atoms with van der Waals surface area (Å²) in [5.41, 5.74) is 2.42. The maximum atomic E-state index is 5.68. The van der Waals surface area contributed by atoms with Crippen molar-refractivity contribution in [2.45, 2.75) is 19.5 Å². The number of hydrogen-bond donors (Lipinski definition) is 1. The number of rotatable bonds is 7. The number of para-hydroxylation sites is 1. The van der Waals surface area contributed by atoms with E-state index < -0.39 is 0 Å². The van der Waals surface area contributed by atoms with E-state index in [2.05, 4.69) is 65.1 Å². The van der Waals surface area contributed by atoms with Crippen LogP contribution < -0.4 is 10.1 Å². The van der Waals surface area contributed by atoms with Gasteiger partial charge in [0.15, 0.2) is 0 Å². The first-order valence-electron chi connectivity index (χ1n) is 7.01. The van der Waals surface area contributed by atoms with Gasteiger partial charge in [0.05, 0.1) is 0 Å². The molecule has 0 heterocycles. The second-order valence-electron chi connectivity index (χ2n) is 4.86. The fraction of sp³-hybridized carbons (Fsp3) is 0.222. The Morgan fingerprint density at radius 3 is 2.62 bits per heavy atom. The average Bonchev–Trinajstić information content (AvgIpc) is 2.52. The highest BCUT2D eigenvalue weighted by atomic mass is 79.9. The third-order valence-corrected chi connectivity index (χ3v) is 3.83. The van der Waals surface area contributed by atoms with Crippen LogP contribution >= 0.6 is 15.9 Å². The van der Waals surface area contributed by atoms with Crippen molar-refractivity contribution in [2.75, 3.05) is 6.61 Å². The van der Waals surface area contributed by atoms with Gasteiger partial charge in [-0.2, -0.15) is 0 Å². The van der Waals surface area contributed by atoms with E-state index in [9.17, 15) is 0 Å². The second kappa shape index (κ2) is 8.01. The zero-order valence-corrected chi connectivity index (χ0v) is 13.8. The van der Waals surface area contributed by atoms with Crippen LogP contribution in [0.15, 0.2) is 65.7 Å². The van der Waals surface area contributed by atoms with Crippen molar-refractivity contribution in [2.24, 2.45) is 0 Å². The Labute approximate surface area is 135 Å². The van der Waals surface area contributed by atoms with E-state index in [-0.39, 0.29) is 6.04 Å². The zero-order valence-electron chi connectivity index (χ0n) is 12.2. The molecule has 2 aromatic carbocycles. The van der Waals surface area contributed by atoms with E-state index in [1.54, 1.807) is 6.08 Å². The van der Waals surface area contributed by atoms with Crippen molar-refractivity contribution in [3.8, 4) is 5.75 Å². The van der Waals surface area contributed by atoms with E-state index in [4.69, 9.17) is 4.74 Å². The molecule has 1 atom stereocenters. The molecule has 0 saturated heterocycles. The highest BCUT2D eigenvalue weighted by molar-refractivity contribution is 9.10. The Hall–Kier alpha value is -1.58. The van der Waals surface area contributed by atoms with Crippen LogP contribution in [-0.2, 0) is 6.54 Å². The van der Waals surface area contributed by atoms with Gasteiger partial charge in [0, 0.05) is 22.6 Å². The highest BCUT2D eigenvalue weighted by Crippen LogP contribution is 2.20. The van der Waals surface area contributed by atoms with Crippen molar-refractivity contribution >= 4 is 15.9 Å². The zero-order chi connectivity index (χ0) is 15.1. The molecule has 2 aromatic rings. The maximum absolute atomic E-state index is 5.68. The molecule has 110 valence electrons. The van der Waals surface area contributed by atoms with Gasteiger partial charge in [0.25, 0.3) is 0 Å². The Kier molecular flexibility index (Phi) is 6.03. The molecule has 0 aromatic heterocycles. The van der Waals surface area contributed by atoms with Crippen LogP contribution in [0.4, 0.5) is 0 Å². The number of nitrogens with one attached hydrogen (secondary N) is 1. The largest absolute Gasteiger partial charge is 0.489 e. The minimum atomic E-state index is 0.283. The highest BCUT2D eigenvalue weighted by Gasteiger charge is 2.07. The molecule has 0 spiro atoms. The van der Waals surface area contributed by atoms with Gasteiger partial charge in [-0.25, -0.2) is 0 Å². The number of halogens is 1. The molecular weight excluding hydrogens is 326 g/mol. The lowest BCUT2D eigenvalue weighted by Gasteiger charge is -2.16. The fourth-order valence-electron chi connectivity index (χ4n) is 2.07. The Morgan fingerprint density at radius 1 is 1.19 bits per heavy atom. The van der Waals surface area contributed by atoms with Crippen molar-refractivity contribution in [3.05, 3.63) is 76.8 Å². The van der Waals surface area contributed by atoms with Gasteiger partial charge < -0.3 is 10.1 Å². The summed E-state index contributed by atoms with van der Waals surface area (Å²) in [7, 11) is 0. The SMILES string of the molecule is C=CCOc1ccccc1CN[C@H](C)c1ccc(Br)cc1. The molecule has 0 aliphatic carbocycles. The van der Waals surface area contributed by atoms with Gasteiger partial charge in [-0.1, -0.05) is 58.9 Å². The van der Waals surface area contributed by atoms with Crippen molar-refractivity contribution in [1.82, 2.24) is 5.32 Å². The Morgan fingerprint density at radius 2 is 1.90 bits per heavy atom. The summed E-state index contributed by atoms with van der Waals surface area (Å²) >= 11 is 3.46. The fourth-order valence-corrected chi connectivity index (χ4v) is 2.34. The molecule has 0 radical (unpaired) electrons. The minimum absolute atomic E-state index is 0.283. The molecule has 1 N–H and O–H groups in total. The summed E-state index contributed by atoms with van der Waals surface area (Å²) in [4.78, 5) is 0. The molecule has 0 fully saturated rings. The van der Waals surface area contributed by atoms with E-state index in [1.807, 2.05) is 18.2 Å². The summed E-state index contributed by atoms with van der Waals surface area (Å²) < 4.78 is 6.77. The van der Waals surface area contributed by atoms with Crippen LogP contribution in [0.1, 0.15) is 24.1 Å². The van der Waals surface area contributed by atoms with Gasteiger partial charge in [-0.15, -0.1) is 0 Å². The summed E-state index contributed by atoms with van der Waals surface area (Å²) in [6.07, 6.45) is 1.76. The van der Waals surface area contributed by atoms with Crippen LogP contribution in [0, 0.1) is 0 Å². The van der Waals surface area contributed by atoms with Crippen LogP contribution in [0.2, 0.25) is 0 Å². The Bertz CT molecular complexity index is 580. The molecule has 0 aliphatic rings. The van der Waals surface area contributed by atoms with Gasteiger partial charge >= 0.3 is 0 Å². The lowest BCUT2D eigenvalue weighted by atomic mass is 10.1. The van der Waals surface area contributed by atoms with Crippen molar-refractivity contribution < 1.29 is 4.74 Å². The van der Waals surface area contributed by atoms with Crippen LogP contribution in [0.25, 0.3) is 0 Å². The molecule has 0 aliphatic heterocycles. The van der Waals surface area contributed by atoms with Gasteiger partial charge in [0.2, 0.25) is 0 Å². The lowest BCUT2D eigenvalue weighted by Crippen LogP contribution is -2.18. The standard InChI is InChI=1S/C18H20BrNO/c1-3-12-21-18-7-5-4-6-16(18)13-20-14(2)15-8-10-17(19)11-9-15/h3-11,14,20H,1,12-13H2,2H3/t14-/m1/s1. The molecule has 2 rings (SSSR count). The predicted octanol–water partition coefficient (Wildman–Crippen LogP) is 4.86. The van der Waals surface area contributed by atoms with Crippen LogP contribution in [0.3, 0.4) is 0 Å². The first kappa shape index (κ1) is 15.8. The summed E-state index contributed by atoms with van der Waals surface area (Å²) in [5, 5.41) is 3.53. The number of benzene rings is 2. The quantitative estimate of drug-likeness (QED) is 0.723. The third-order valence-electron chi connectivity index (χ3n) is 3.30. The Balaban J connectivity index is 1.99. The monoisotopic (exact) mass is 345 g/mol. The lowest BCUT2D eigenvalue weighted by molar-refractivity contribution is 0.357. The number of hydrogen-bond acceptors (Lipinski definition) is 2. The minimum Gasteiger partial charge on any atom is -0.489 e. The molecule has 3 heteroatoms. The van der Waals surface area contributed by atoms with E-state index in [1.165, 1.54) is 5.56 Å². The van der Waals surface area contributed by atoms with E-state index in [0.717, 1.165) is 22.3 Å². The molecule has 21 heavy (non-hydrogen) atoms. The smallest absolute Gasteiger partial charge is 0.124 e. The summed E-state index contributed by atoms with van der Waals surface area (Å²) in [6.45, 7) is 7.14. The predicted molar refractivity (Wildman–Crippen MR) is 91.5 cm³/mol. The maximum Gasteiger partial charge on any atom is 0.124 e. The average molecular weight is 346 g/mol. The van der Waals surface area contributed by atoms with Crippen molar-refractivity contribution in [1.29, 1.82) is 0 Å².